The number of aldehydes is 1. The smallest absolute Gasteiger partial charge is 1.00 e. The van der Waals surface area contributed by atoms with Crippen LogP contribution in [0.4, 0.5) is 0 Å². The SMILES string of the molecule is O=CC(=O)O.[Ca+2].[Ca+2].[H-].[H-].[H-].[H-]. The van der Waals surface area contributed by atoms with Crippen LogP contribution in [0.2, 0.25) is 0 Å². The summed E-state index contributed by atoms with van der Waals surface area (Å²) in [6.07, 6.45) is -0.167. The fourth-order valence-electron chi connectivity index (χ4n) is 0. The van der Waals surface area contributed by atoms with Crippen molar-refractivity contribution in [3.8, 4) is 0 Å². The van der Waals surface area contributed by atoms with Gasteiger partial charge in [0.25, 0.3) is 0 Å². The summed E-state index contributed by atoms with van der Waals surface area (Å²) in [6.45, 7) is 0. The number of hydrogen-bond acceptors (Lipinski definition) is 2. The van der Waals surface area contributed by atoms with Crippen molar-refractivity contribution in [1.29, 1.82) is 0 Å². The molecule has 3 nitrogen and oxygen atoms in total. The van der Waals surface area contributed by atoms with E-state index in [0.717, 1.165) is 0 Å². The van der Waals surface area contributed by atoms with Crippen molar-refractivity contribution >= 4 is 87.7 Å². The van der Waals surface area contributed by atoms with Crippen LogP contribution in [0.5, 0.6) is 0 Å². The Kier molecular flexibility index (Phi) is 24.0. The molecular formula is C2H6Ca2O3. The molecule has 0 unspecified atom stereocenters. The van der Waals surface area contributed by atoms with Crippen LogP contribution in [0.25, 0.3) is 0 Å². The van der Waals surface area contributed by atoms with E-state index in [0.29, 0.717) is 0 Å². The van der Waals surface area contributed by atoms with Crippen LogP contribution < -0.4 is 0 Å². The topological polar surface area (TPSA) is 54.4 Å². The number of aliphatic carboxylic acids is 1. The average Bonchev–Trinajstić information content (AvgIpc) is 1.38. The van der Waals surface area contributed by atoms with Crippen LogP contribution >= 0.6 is 0 Å². The van der Waals surface area contributed by atoms with E-state index in [4.69, 9.17) is 14.7 Å². The minimum absolute atomic E-state index is 0. The van der Waals surface area contributed by atoms with Gasteiger partial charge in [0.2, 0.25) is 6.29 Å². The first kappa shape index (κ1) is 15.9. The Morgan fingerprint density at radius 2 is 1.71 bits per heavy atom. The zero-order chi connectivity index (χ0) is 4.28. The number of hydrogen-bond donors (Lipinski definition) is 1. The van der Waals surface area contributed by atoms with Crippen molar-refractivity contribution in [3.63, 3.8) is 0 Å². The molecule has 0 aliphatic carbocycles. The molecule has 0 spiro atoms. The number of carboxylic acid groups (broad SMARTS) is 1. The van der Waals surface area contributed by atoms with Gasteiger partial charge in [0.1, 0.15) is 0 Å². The van der Waals surface area contributed by atoms with Gasteiger partial charge in [-0.2, -0.15) is 0 Å². The van der Waals surface area contributed by atoms with Crippen molar-refractivity contribution in [3.05, 3.63) is 0 Å². The van der Waals surface area contributed by atoms with Crippen molar-refractivity contribution in [1.82, 2.24) is 0 Å². The van der Waals surface area contributed by atoms with Gasteiger partial charge in [0.15, 0.2) is 0 Å². The summed E-state index contributed by atoms with van der Waals surface area (Å²) < 4.78 is 0. The third-order valence-corrected chi connectivity index (χ3v) is 0.101. The molecule has 0 fully saturated rings. The van der Waals surface area contributed by atoms with Crippen LogP contribution in [-0.2, 0) is 9.59 Å². The molecule has 0 aromatic carbocycles. The van der Waals surface area contributed by atoms with Gasteiger partial charge in [0, 0.05) is 0 Å². The van der Waals surface area contributed by atoms with Crippen molar-refractivity contribution in [2.45, 2.75) is 0 Å². The molecule has 5 heteroatoms. The molecule has 0 amide bonds. The Labute approximate surface area is 106 Å². The third kappa shape index (κ3) is 18.3. The molecule has 0 saturated heterocycles. The first-order valence-corrected chi connectivity index (χ1v) is 0.952. The van der Waals surface area contributed by atoms with Crippen molar-refractivity contribution in [2.75, 3.05) is 0 Å². The van der Waals surface area contributed by atoms with Gasteiger partial charge in [-0.15, -0.1) is 0 Å². The maximum atomic E-state index is 9.00. The summed E-state index contributed by atoms with van der Waals surface area (Å²) in [5, 5.41) is 7.35. The molecule has 0 saturated carbocycles. The normalized spacial score (nSPS) is 4.57. The van der Waals surface area contributed by atoms with Crippen LogP contribution in [0.1, 0.15) is 5.71 Å². The summed E-state index contributed by atoms with van der Waals surface area (Å²) in [6, 6.07) is 0. The minimum Gasteiger partial charge on any atom is -1.00 e. The monoisotopic (exact) mass is 158 g/mol. The molecule has 0 atom stereocenters. The van der Waals surface area contributed by atoms with E-state index >= 15 is 0 Å². The molecule has 0 rings (SSSR count). The van der Waals surface area contributed by atoms with Crippen LogP contribution in [-0.4, -0.2) is 92.8 Å². The Hall–Kier alpha value is 1.66. The van der Waals surface area contributed by atoms with Gasteiger partial charge in [-0.3, -0.25) is 4.79 Å². The summed E-state index contributed by atoms with van der Waals surface area (Å²) in [4.78, 5) is 17.9. The molecule has 0 heterocycles. The summed E-state index contributed by atoms with van der Waals surface area (Å²) >= 11 is 0. The third-order valence-electron chi connectivity index (χ3n) is 0.101. The molecule has 0 aliphatic heterocycles. The van der Waals surface area contributed by atoms with E-state index in [-0.39, 0.29) is 87.5 Å². The standard InChI is InChI=1S/C2H2O3.2Ca.4H/c3-1-2(4)5;;;;;;/h1H,(H,4,5);;;;;;/q;2*+2;4*-1. The van der Waals surface area contributed by atoms with Gasteiger partial charge >= 0.3 is 81.4 Å². The molecule has 0 aromatic rings. The van der Waals surface area contributed by atoms with E-state index in [1.54, 1.807) is 0 Å². The van der Waals surface area contributed by atoms with Crippen molar-refractivity contribution in [2.24, 2.45) is 0 Å². The Morgan fingerprint density at radius 3 is 1.71 bits per heavy atom. The van der Waals surface area contributed by atoms with E-state index in [2.05, 4.69) is 0 Å². The molecule has 0 bridgehead atoms. The van der Waals surface area contributed by atoms with E-state index in [1.807, 2.05) is 0 Å². The number of carbonyl (C=O) groups is 2. The summed E-state index contributed by atoms with van der Waals surface area (Å²) in [5.74, 6) is -1.43. The fourth-order valence-corrected chi connectivity index (χ4v) is 0. The molecular weight excluding hydrogens is 152 g/mol. The van der Waals surface area contributed by atoms with Gasteiger partial charge in [-0.25, -0.2) is 4.79 Å². The number of rotatable bonds is 1. The predicted octanol–water partition coefficient (Wildman–Crippen LogP) is -1.04. The van der Waals surface area contributed by atoms with Gasteiger partial charge in [-0.1, -0.05) is 0 Å². The summed E-state index contributed by atoms with van der Waals surface area (Å²) in [5.41, 5.74) is 0. The Balaban J connectivity index is -0.00000000533. The Bertz CT molecular complexity index is 72.4. The molecule has 0 radical (unpaired) electrons. The first-order valence-electron chi connectivity index (χ1n) is 0.952. The van der Waals surface area contributed by atoms with Crippen LogP contribution in [0.15, 0.2) is 0 Å². The van der Waals surface area contributed by atoms with E-state index in [9.17, 15) is 0 Å². The van der Waals surface area contributed by atoms with Crippen molar-refractivity contribution < 1.29 is 20.4 Å². The maximum absolute atomic E-state index is 9.00. The zero-order valence-corrected chi connectivity index (χ0v) is 8.17. The Morgan fingerprint density at radius 1 is 1.57 bits per heavy atom. The summed E-state index contributed by atoms with van der Waals surface area (Å²) in [7, 11) is 0. The molecule has 0 aliphatic rings. The quantitative estimate of drug-likeness (QED) is 0.301. The van der Waals surface area contributed by atoms with Crippen LogP contribution in [0, 0.1) is 0 Å². The predicted molar refractivity (Wildman–Crippen MR) is 29.7 cm³/mol. The first-order chi connectivity index (χ1) is 2.27. The van der Waals surface area contributed by atoms with Gasteiger partial charge in [-0.05, 0) is 0 Å². The molecule has 7 heavy (non-hydrogen) atoms. The molecule has 0 aromatic heterocycles. The average molecular weight is 158 g/mol. The second-order valence-corrected chi connectivity index (χ2v) is 0.456. The maximum Gasteiger partial charge on any atom is 2.00 e. The molecule has 1 N–H and O–H groups in total. The minimum atomic E-state index is -1.43. The molecule has 36 valence electrons. The van der Waals surface area contributed by atoms with Crippen LogP contribution in [0.3, 0.4) is 0 Å². The fraction of sp³-hybridized carbons (Fsp3) is 0. The van der Waals surface area contributed by atoms with Gasteiger partial charge in [0.05, 0.1) is 0 Å². The number of carboxylic acids is 1. The second-order valence-electron chi connectivity index (χ2n) is 0.456. The van der Waals surface area contributed by atoms with E-state index in [1.165, 1.54) is 0 Å². The van der Waals surface area contributed by atoms with E-state index < -0.39 is 5.97 Å². The van der Waals surface area contributed by atoms with Gasteiger partial charge < -0.3 is 10.8 Å². The zero-order valence-electron chi connectivity index (χ0n) is 7.76. The largest absolute Gasteiger partial charge is 2.00 e. The number of carbonyl (C=O) groups excluding carboxylic acids is 1. The second kappa shape index (κ2) is 10.6.